The second kappa shape index (κ2) is 9.29. The van der Waals surface area contributed by atoms with Crippen LogP contribution in [0.2, 0.25) is 0 Å². The van der Waals surface area contributed by atoms with Gasteiger partial charge in [-0.1, -0.05) is 37.3 Å². The quantitative estimate of drug-likeness (QED) is 0.760. The van der Waals surface area contributed by atoms with Crippen molar-refractivity contribution < 1.29 is 9.69 Å². The molecule has 1 amide bonds. The first-order chi connectivity index (χ1) is 12.8. The summed E-state index contributed by atoms with van der Waals surface area (Å²) in [5.74, 6) is 1.30. The summed E-state index contributed by atoms with van der Waals surface area (Å²) >= 11 is 0. The molecule has 1 aliphatic rings. The fraction of sp³-hybridized carbons (Fsp3) is 0.450. The number of nitrogens with zero attached hydrogens (tertiary/aromatic N) is 3. The first kappa shape index (κ1) is 18.3. The van der Waals surface area contributed by atoms with Crippen molar-refractivity contribution in [3.63, 3.8) is 0 Å². The predicted octanol–water partition coefficient (Wildman–Crippen LogP) is 0.492. The van der Waals surface area contributed by atoms with Crippen LogP contribution in [0, 0.1) is 0 Å². The average molecular weight is 354 g/mol. The summed E-state index contributed by atoms with van der Waals surface area (Å²) in [6.45, 7) is 7.04. The van der Waals surface area contributed by atoms with E-state index in [0.717, 1.165) is 38.5 Å². The molecule has 1 atom stereocenters. The molecule has 26 heavy (non-hydrogen) atoms. The summed E-state index contributed by atoms with van der Waals surface area (Å²) in [5.41, 5.74) is 1.29. The lowest BCUT2D eigenvalue weighted by Gasteiger charge is -2.31. The minimum absolute atomic E-state index is 0.138. The van der Waals surface area contributed by atoms with Crippen LogP contribution >= 0.6 is 0 Å². The first-order valence-corrected chi connectivity index (χ1v) is 9.43. The molecule has 1 aromatic heterocycles. The van der Waals surface area contributed by atoms with E-state index in [0.29, 0.717) is 19.0 Å². The minimum Gasteiger partial charge on any atom is -0.351 e. The number of amides is 1. The Morgan fingerprint density at radius 3 is 2.50 bits per heavy atom. The fourth-order valence-electron chi connectivity index (χ4n) is 3.40. The van der Waals surface area contributed by atoms with E-state index in [1.54, 1.807) is 12.4 Å². The van der Waals surface area contributed by atoms with Crippen molar-refractivity contribution in [1.82, 2.24) is 15.3 Å². The molecule has 0 saturated carbocycles. The molecule has 0 radical (unpaired) electrons. The van der Waals surface area contributed by atoms with Crippen LogP contribution in [0.1, 0.15) is 24.8 Å². The summed E-state index contributed by atoms with van der Waals surface area (Å²) in [6, 6.07) is 12.2. The summed E-state index contributed by atoms with van der Waals surface area (Å²) in [7, 11) is 0. The molecule has 0 unspecified atom stereocenters. The Bertz CT molecular complexity index is 671. The Hall–Kier alpha value is -2.47. The van der Waals surface area contributed by atoms with Crippen molar-refractivity contribution in [2.75, 3.05) is 44.2 Å². The Morgan fingerprint density at radius 2 is 1.85 bits per heavy atom. The van der Waals surface area contributed by atoms with E-state index in [4.69, 9.17) is 0 Å². The maximum Gasteiger partial charge on any atom is 0.275 e. The molecule has 2 aromatic rings. The number of benzene rings is 1. The third kappa shape index (κ3) is 5.02. The van der Waals surface area contributed by atoms with Gasteiger partial charge in [0.25, 0.3) is 5.91 Å². The number of nitrogens with one attached hydrogen (secondary N) is 2. The van der Waals surface area contributed by atoms with E-state index < -0.39 is 0 Å². The zero-order valence-corrected chi connectivity index (χ0v) is 15.4. The lowest BCUT2D eigenvalue weighted by atomic mass is 9.96. The molecule has 6 nitrogen and oxygen atoms in total. The summed E-state index contributed by atoms with van der Waals surface area (Å²) < 4.78 is 0. The minimum atomic E-state index is 0.138. The van der Waals surface area contributed by atoms with Gasteiger partial charge < -0.3 is 15.1 Å². The molecule has 0 spiro atoms. The van der Waals surface area contributed by atoms with Gasteiger partial charge in [0.1, 0.15) is 0 Å². The number of piperazine rings is 1. The number of carbonyl (C=O) groups excluding carboxylic acids is 1. The number of anilines is 1. The van der Waals surface area contributed by atoms with Gasteiger partial charge in [0.05, 0.1) is 26.2 Å². The van der Waals surface area contributed by atoms with Gasteiger partial charge in [0, 0.05) is 24.9 Å². The molecular weight excluding hydrogens is 326 g/mol. The highest BCUT2D eigenvalue weighted by atomic mass is 16.2. The summed E-state index contributed by atoms with van der Waals surface area (Å²) in [4.78, 5) is 24.5. The van der Waals surface area contributed by atoms with Crippen molar-refractivity contribution in [1.29, 1.82) is 0 Å². The predicted molar refractivity (Wildman–Crippen MR) is 102 cm³/mol. The van der Waals surface area contributed by atoms with E-state index in [2.05, 4.69) is 51.4 Å². The first-order valence-electron chi connectivity index (χ1n) is 9.43. The van der Waals surface area contributed by atoms with Gasteiger partial charge in [-0.25, -0.2) is 9.97 Å². The van der Waals surface area contributed by atoms with Crippen LogP contribution in [0.5, 0.6) is 0 Å². The highest BCUT2D eigenvalue weighted by molar-refractivity contribution is 5.76. The standard InChI is InChI=1S/C20H27N5O/c1-2-17(18-7-4-3-5-8-18)15-23-19(26)16-24-11-13-25(14-12-24)20-21-9-6-10-22-20/h3-10,17H,2,11-16H2,1H3,(H,23,26)/p+1/t17-/m1/s1. The Labute approximate surface area is 155 Å². The Morgan fingerprint density at radius 1 is 1.15 bits per heavy atom. The maximum absolute atomic E-state index is 12.3. The molecule has 3 rings (SSSR count). The van der Waals surface area contributed by atoms with Crippen LogP contribution in [0.3, 0.4) is 0 Å². The molecule has 1 saturated heterocycles. The van der Waals surface area contributed by atoms with Gasteiger partial charge in [0.2, 0.25) is 5.95 Å². The van der Waals surface area contributed by atoms with E-state index in [1.807, 2.05) is 12.1 Å². The van der Waals surface area contributed by atoms with Crippen LogP contribution in [-0.2, 0) is 4.79 Å². The number of aromatic nitrogens is 2. The SMILES string of the molecule is CC[C@H](CNC(=O)C[NH+]1CCN(c2ncccn2)CC1)c1ccccc1. The van der Waals surface area contributed by atoms with Gasteiger partial charge in [-0.15, -0.1) is 0 Å². The van der Waals surface area contributed by atoms with Crippen LogP contribution in [0.4, 0.5) is 5.95 Å². The molecular formula is C20H28N5O+. The monoisotopic (exact) mass is 354 g/mol. The maximum atomic E-state index is 12.3. The van der Waals surface area contributed by atoms with E-state index >= 15 is 0 Å². The van der Waals surface area contributed by atoms with Gasteiger partial charge in [-0.2, -0.15) is 0 Å². The normalized spacial score (nSPS) is 16.3. The van der Waals surface area contributed by atoms with Gasteiger partial charge in [0.15, 0.2) is 6.54 Å². The molecule has 1 fully saturated rings. The number of rotatable bonds is 7. The highest BCUT2D eigenvalue weighted by Crippen LogP contribution is 2.17. The zero-order valence-electron chi connectivity index (χ0n) is 15.4. The van der Waals surface area contributed by atoms with Crippen LogP contribution < -0.4 is 15.1 Å². The molecule has 1 aromatic carbocycles. The third-order valence-corrected chi connectivity index (χ3v) is 5.03. The van der Waals surface area contributed by atoms with E-state index in [-0.39, 0.29) is 5.91 Å². The van der Waals surface area contributed by atoms with Crippen LogP contribution in [0.15, 0.2) is 48.8 Å². The molecule has 2 heterocycles. The average Bonchev–Trinajstić information content (AvgIpc) is 2.70. The molecule has 0 bridgehead atoms. The lowest BCUT2D eigenvalue weighted by Crippen LogP contribution is -3.16. The smallest absolute Gasteiger partial charge is 0.275 e. The molecule has 1 aliphatic heterocycles. The number of carbonyl (C=O) groups is 1. The van der Waals surface area contributed by atoms with Crippen molar-refractivity contribution in [2.24, 2.45) is 0 Å². The fourth-order valence-corrected chi connectivity index (χ4v) is 3.40. The van der Waals surface area contributed by atoms with Gasteiger partial charge in [-0.3, -0.25) is 4.79 Å². The van der Waals surface area contributed by atoms with Crippen LogP contribution in [0.25, 0.3) is 0 Å². The number of hydrogen-bond acceptors (Lipinski definition) is 4. The van der Waals surface area contributed by atoms with E-state index in [9.17, 15) is 4.79 Å². The van der Waals surface area contributed by atoms with Crippen molar-refractivity contribution >= 4 is 11.9 Å². The van der Waals surface area contributed by atoms with Crippen LogP contribution in [-0.4, -0.2) is 55.1 Å². The van der Waals surface area contributed by atoms with Crippen molar-refractivity contribution in [2.45, 2.75) is 19.3 Å². The zero-order chi connectivity index (χ0) is 18.2. The molecule has 0 aliphatic carbocycles. The highest BCUT2D eigenvalue weighted by Gasteiger charge is 2.23. The van der Waals surface area contributed by atoms with Gasteiger partial charge in [-0.05, 0) is 18.1 Å². The van der Waals surface area contributed by atoms with Crippen molar-refractivity contribution in [3.8, 4) is 0 Å². The second-order valence-corrected chi connectivity index (χ2v) is 6.78. The van der Waals surface area contributed by atoms with Gasteiger partial charge >= 0.3 is 0 Å². The Balaban J connectivity index is 1.41. The third-order valence-electron chi connectivity index (χ3n) is 5.03. The number of quaternary nitrogens is 1. The molecule has 6 heteroatoms. The molecule has 2 N–H and O–H groups in total. The number of hydrogen-bond donors (Lipinski definition) is 2. The Kier molecular flexibility index (Phi) is 6.55. The lowest BCUT2D eigenvalue weighted by molar-refractivity contribution is -0.892. The summed E-state index contributed by atoms with van der Waals surface area (Å²) in [6.07, 6.45) is 4.56. The molecule has 138 valence electrons. The van der Waals surface area contributed by atoms with E-state index in [1.165, 1.54) is 10.5 Å². The summed E-state index contributed by atoms with van der Waals surface area (Å²) in [5, 5.41) is 3.12. The second-order valence-electron chi connectivity index (χ2n) is 6.78. The topological polar surface area (TPSA) is 62.6 Å². The largest absolute Gasteiger partial charge is 0.351 e. The van der Waals surface area contributed by atoms with Crippen molar-refractivity contribution in [3.05, 3.63) is 54.4 Å².